The van der Waals surface area contributed by atoms with E-state index in [0.717, 1.165) is 12.8 Å². The Balaban J connectivity index is 3.86. The van der Waals surface area contributed by atoms with Gasteiger partial charge in [0.1, 0.15) is 12.8 Å². The number of rotatable bonds is 29. The fourth-order valence-electron chi connectivity index (χ4n) is 3.80. The minimum atomic E-state index is -3.67. The summed E-state index contributed by atoms with van der Waals surface area (Å²) in [5.74, 6) is -0.822. The van der Waals surface area contributed by atoms with Crippen LogP contribution in [0, 0.1) is 0 Å². The summed E-state index contributed by atoms with van der Waals surface area (Å²) < 4.78 is 21.8. The Morgan fingerprint density at radius 2 is 1.25 bits per heavy atom. The second-order valence-electron chi connectivity index (χ2n) is 9.39. The molecule has 0 bridgehead atoms. The Bertz CT molecular complexity index is 542. The molecule has 0 aliphatic heterocycles. The fraction of sp³-hybridized carbons (Fsp3) is 0.962. The topological polar surface area (TPSA) is 123 Å². The van der Waals surface area contributed by atoms with Crippen LogP contribution < -0.4 is 10.6 Å². The molecule has 2 atom stereocenters. The van der Waals surface area contributed by atoms with Crippen molar-refractivity contribution in [2.45, 2.75) is 122 Å². The highest BCUT2D eigenvalue weighted by molar-refractivity contribution is 8.06. The quantitative estimate of drug-likeness (QED) is 0.0885. The fourth-order valence-corrected chi connectivity index (χ4v) is 5.26. The number of nitrogens with two attached hydrogens (primary N) is 1. The molecular formula is C26H53NO7PS-. The van der Waals surface area contributed by atoms with E-state index in [4.69, 9.17) is 41.2 Å². The number of hydrogen-bond donors (Lipinski definition) is 2. The van der Waals surface area contributed by atoms with Crippen LogP contribution in [0.4, 0.5) is 0 Å². The summed E-state index contributed by atoms with van der Waals surface area (Å²) in [6, 6.07) is 0. The van der Waals surface area contributed by atoms with Gasteiger partial charge in [0, 0.05) is 26.2 Å². The summed E-state index contributed by atoms with van der Waals surface area (Å²) in [7, 11) is 0. The lowest BCUT2D eigenvalue weighted by Crippen LogP contribution is -2.28. The molecule has 0 rings (SSSR count). The van der Waals surface area contributed by atoms with E-state index < -0.39 is 18.8 Å². The van der Waals surface area contributed by atoms with Crippen LogP contribution in [0.3, 0.4) is 0 Å². The molecule has 0 heterocycles. The summed E-state index contributed by atoms with van der Waals surface area (Å²) in [5, 5.41) is 8.68. The molecule has 216 valence electrons. The molecule has 0 aromatic carbocycles. The van der Waals surface area contributed by atoms with Crippen molar-refractivity contribution in [1.29, 1.82) is 0 Å². The van der Waals surface area contributed by atoms with Gasteiger partial charge in [-0.2, -0.15) is 0 Å². The zero-order chi connectivity index (χ0) is 26.7. The number of unbranched alkanes of at least 4 members (excludes halogenated alkanes) is 14. The molecule has 0 fully saturated rings. The van der Waals surface area contributed by atoms with E-state index in [-0.39, 0.29) is 32.8 Å². The van der Waals surface area contributed by atoms with Crippen molar-refractivity contribution < 1.29 is 33.3 Å². The molecule has 36 heavy (non-hydrogen) atoms. The van der Waals surface area contributed by atoms with Crippen molar-refractivity contribution in [2.75, 3.05) is 39.6 Å². The van der Waals surface area contributed by atoms with E-state index in [1.54, 1.807) is 0 Å². The summed E-state index contributed by atoms with van der Waals surface area (Å²) in [6.45, 7) is 0.198. The molecule has 3 N–H and O–H groups in total. The standard InChI is InChI=1S/C26H54NO7PS/c1-2-3-4-5-6-7-8-9-10-11-12-13-14-16-20-31-23-25(34-35(30,36)33-22-19-27)24-32-21-17-15-18-26(28)29/h25H,2-24,27H2,1H3,(H,28,29)(H,30,36)/p-1. The summed E-state index contributed by atoms with van der Waals surface area (Å²) in [4.78, 5) is 22.9. The van der Waals surface area contributed by atoms with Crippen LogP contribution in [0.25, 0.3) is 0 Å². The van der Waals surface area contributed by atoms with Gasteiger partial charge in [0.2, 0.25) is 0 Å². The van der Waals surface area contributed by atoms with E-state index in [9.17, 15) is 9.69 Å². The average Bonchev–Trinajstić information content (AvgIpc) is 2.84. The molecule has 8 nitrogen and oxygen atoms in total. The Labute approximate surface area is 225 Å². The number of hydrogen-bond acceptors (Lipinski definition) is 8. The van der Waals surface area contributed by atoms with E-state index >= 15 is 0 Å². The molecule has 0 aliphatic carbocycles. The Morgan fingerprint density at radius 3 is 1.69 bits per heavy atom. The zero-order valence-electron chi connectivity index (χ0n) is 22.7. The Kier molecular flexibility index (Phi) is 26.4. The van der Waals surface area contributed by atoms with Gasteiger partial charge in [-0.25, -0.2) is 0 Å². The highest BCUT2D eigenvalue weighted by atomic mass is 32.5. The molecule has 0 aliphatic rings. The lowest BCUT2D eigenvalue weighted by Gasteiger charge is -2.31. The molecule has 10 heteroatoms. The van der Waals surface area contributed by atoms with Gasteiger partial charge in [0.25, 0.3) is 0 Å². The van der Waals surface area contributed by atoms with Crippen molar-refractivity contribution in [2.24, 2.45) is 5.73 Å². The van der Waals surface area contributed by atoms with Gasteiger partial charge in [-0.1, -0.05) is 102 Å². The van der Waals surface area contributed by atoms with Gasteiger partial charge in [-0.3, -0.25) is 4.79 Å². The molecule has 0 aromatic heterocycles. The Morgan fingerprint density at radius 1 is 0.806 bits per heavy atom. The minimum absolute atomic E-state index is 0.0590. The van der Waals surface area contributed by atoms with Gasteiger partial charge in [-0.05, 0) is 19.3 Å². The summed E-state index contributed by atoms with van der Waals surface area (Å²) >= 11 is 4.93. The maximum absolute atomic E-state index is 12.3. The second kappa shape index (κ2) is 26.5. The van der Waals surface area contributed by atoms with Crippen LogP contribution >= 0.6 is 6.72 Å². The van der Waals surface area contributed by atoms with Gasteiger partial charge in [0.15, 0.2) is 0 Å². The van der Waals surface area contributed by atoms with Crippen LogP contribution in [0.1, 0.15) is 116 Å². The largest absolute Gasteiger partial charge is 0.780 e. The van der Waals surface area contributed by atoms with Crippen LogP contribution in [-0.2, 0) is 35.1 Å². The third-order valence-electron chi connectivity index (χ3n) is 5.82. The number of aliphatic carboxylic acids is 1. The van der Waals surface area contributed by atoms with Crippen LogP contribution in [0.15, 0.2) is 0 Å². The molecule has 2 unspecified atom stereocenters. The van der Waals surface area contributed by atoms with Gasteiger partial charge >= 0.3 is 5.97 Å². The average molecular weight is 555 g/mol. The van der Waals surface area contributed by atoms with E-state index in [2.05, 4.69) is 6.92 Å². The predicted molar refractivity (Wildman–Crippen MR) is 148 cm³/mol. The van der Waals surface area contributed by atoms with E-state index in [0.29, 0.717) is 26.1 Å². The van der Waals surface area contributed by atoms with Crippen molar-refractivity contribution in [3.63, 3.8) is 0 Å². The van der Waals surface area contributed by atoms with Gasteiger partial charge < -0.3 is 34.3 Å². The van der Waals surface area contributed by atoms with Crippen LogP contribution in [0.5, 0.6) is 0 Å². The second-order valence-corrected chi connectivity index (χ2v) is 12.1. The first kappa shape index (κ1) is 35.9. The first-order valence-corrected chi connectivity index (χ1v) is 16.7. The van der Waals surface area contributed by atoms with Gasteiger partial charge in [0.05, 0.1) is 19.8 Å². The number of carboxylic acids is 1. The predicted octanol–water partition coefficient (Wildman–Crippen LogP) is 5.70. The highest BCUT2D eigenvalue weighted by Crippen LogP contribution is 2.40. The number of ether oxygens (including phenoxy) is 2. The third kappa shape index (κ3) is 26.9. The number of carboxylic acid groups (broad SMARTS) is 1. The maximum Gasteiger partial charge on any atom is 0.303 e. The molecule has 0 saturated carbocycles. The molecule has 0 saturated heterocycles. The SMILES string of the molecule is CCCCCCCCCCCCCCCCOCC(COCCCCC(=O)O)OP([O-])(=S)OCCN. The van der Waals surface area contributed by atoms with Crippen molar-refractivity contribution in [3.05, 3.63) is 0 Å². The zero-order valence-corrected chi connectivity index (χ0v) is 24.4. The molecule has 0 spiro atoms. The number of carbonyl (C=O) groups is 1. The monoisotopic (exact) mass is 554 g/mol. The molecule has 0 aromatic rings. The van der Waals surface area contributed by atoms with Crippen molar-refractivity contribution >= 4 is 24.5 Å². The molecule has 0 radical (unpaired) electrons. The summed E-state index contributed by atoms with van der Waals surface area (Å²) in [6.07, 6.45) is 18.9. The van der Waals surface area contributed by atoms with Crippen LogP contribution in [0.2, 0.25) is 0 Å². The molecular weight excluding hydrogens is 501 g/mol. The van der Waals surface area contributed by atoms with E-state index in [1.807, 2.05) is 0 Å². The molecule has 0 amide bonds. The van der Waals surface area contributed by atoms with E-state index in [1.165, 1.54) is 77.0 Å². The first-order valence-electron chi connectivity index (χ1n) is 14.1. The van der Waals surface area contributed by atoms with Gasteiger partial charge in [-0.15, -0.1) is 0 Å². The highest BCUT2D eigenvalue weighted by Gasteiger charge is 2.16. The lowest BCUT2D eigenvalue weighted by atomic mass is 10.0. The Hall–Kier alpha value is -0.120. The minimum Gasteiger partial charge on any atom is -0.780 e. The van der Waals surface area contributed by atoms with Crippen LogP contribution in [-0.4, -0.2) is 56.8 Å². The van der Waals surface area contributed by atoms with Crippen molar-refractivity contribution in [1.82, 2.24) is 0 Å². The first-order chi connectivity index (χ1) is 17.4. The van der Waals surface area contributed by atoms with Crippen molar-refractivity contribution in [3.8, 4) is 0 Å². The maximum atomic E-state index is 12.3. The normalized spacial score (nSPS) is 14.1. The smallest absolute Gasteiger partial charge is 0.303 e. The third-order valence-corrected chi connectivity index (χ3v) is 7.45. The summed E-state index contributed by atoms with van der Waals surface area (Å²) in [5.41, 5.74) is 5.38. The lowest BCUT2D eigenvalue weighted by molar-refractivity contribution is -0.214.